The first-order valence-corrected chi connectivity index (χ1v) is 11.1. The highest BCUT2D eigenvalue weighted by Gasteiger charge is 2.13. The zero-order valence-electron chi connectivity index (χ0n) is 17.0. The van der Waals surface area contributed by atoms with E-state index in [0.717, 1.165) is 32.3 Å². The van der Waals surface area contributed by atoms with Crippen LogP contribution in [0.5, 0.6) is 0 Å². The van der Waals surface area contributed by atoms with Gasteiger partial charge in [-0.05, 0) is 42.0 Å². The number of nitrogens with zero attached hydrogens (tertiary/aromatic N) is 4. The first-order valence-electron chi connectivity index (χ1n) is 9.90. The van der Waals surface area contributed by atoms with Crippen LogP contribution in [0, 0.1) is 0 Å². The maximum Gasteiger partial charge on any atom is 0.335 e. The molecule has 0 aliphatic heterocycles. The molecule has 7 nitrogen and oxygen atoms in total. The Morgan fingerprint density at radius 2 is 1.55 bits per heavy atom. The van der Waals surface area contributed by atoms with E-state index >= 15 is 0 Å². The maximum atomic E-state index is 11.0. The lowest BCUT2D eigenvalue weighted by Crippen LogP contribution is -1.96. The smallest absolute Gasteiger partial charge is 0.335 e. The number of carbonyl (C=O) groups is 1. The largest absolute Gasteiger partial charge is 0.478 e. The van der Waals surface area contributed by atoms with E-state index in [0.29, 0.717) is 23.2 Å². The number of carboxylic acids is 1. The minimum absolute atomic E-state index is 0.234. The van der Waals surface area contributed by atoms with E-state index in [-0.39, 0.29) is 5.56 Å². The van der Waals surface area contributed by atoms with Gasteiger partial charge in [-0.25, -0.2) is 4.79 Å². The Morgan fingerprint density at radius 3 is 2.27 bits per heavy atom. The van der Waals surface area contributed by atoms with Crippen LogP contribution in [0.15, 0.2) is 77.2 Å². The summed E-state index contributed by atoms with van der Waals surface area (Å²) in [6.45, 7) is 0. The summed E-state index contributed by atoms with van der Waals surface area (Å²) in [7, 11) is 0. The molecule has 3 aromatic carbocycles. The van der Waals surface area contributed by atoms with Gasteiger partial charge in [0.1, 0.15) is 10.0 Å². The van der Waals surface area contributed by atoms with Gasteiger partial charge in [0.05, 0.1) is 12.0 Å². The molecule has 0 aliphatic rings. The molecule has 0 spiro atoms. The number of aromatic carboxylic acids is 1. The standard InChI is InChI=1S/C24H15ClN4O3S/c25-19-10-8-15(9-11-19)22-28-29-23(33-22)18-3-1-2-17(13-18)21-27-26-20(32-21)12-14-4-6-16(7-5-14)24(30)31/h1-11,13H,12H2,(H,30,31). The van der Waals surface area contributed by atoms with Gasteiger partial charge in [-0.1, -0.05) is 59.3 Å². The summed E-state index contributed by atoms with van der Waals surface area (Å²) in [4.78, 5) is 11.0. The third-order valence-electron chi connectivity index (χ3n) is 4.90. The molecule has 0 amide bonds. The maximum absolute atomic E-state index is 11.0. The van der Waals surface area contributed by atoms with Crippen LogP contribution in [0.4, 0.5) is 0 Å². The Balaban J connectivity index is 1.35. The molecule has 9 heteroatoms. The van der Waals surface area contributed by atoms with E-state index in [1.165, 1.54) is 11.3 Å². The Morgan fingerprint density at radius 1 is 0.848 bits per heavy atom. The van der Waals surface area contributed by atoms with Crippen molar-refractivity contribution in [2.45, 2.75) is 6.42 Å². The third kappa shape index (κ3) is 4.67. The summed E-state index contributed by atoms with van der Waals surface area (Å²) >= 11 is 7.45. The van der Waals surface area contributed by atoms with Crippen LogP contribution in [0.2, 0.25) is 5.02 Å². The second kappa shape index (κ2) is 8.93. The molecule has 1 N–H and O–H groups in total. The highest BCUT2D eigenvalue weighted by Crippen LogP contribution is 2.32. The van der Waals surface area contributed by atoms with Gasteiger partial charge in [0.15, 0.2) is 0 Å². The van der Waals surface area contributed by atoms with Crippen molar-refractivity contribution in [3.05, 3.63) is 94.8 Å². The Hall–Kier alpha value is -3.88. The monoisotopic (exact) mass is 474 g/mol. The van der Waals surface area contributed by atoms with E-state index in [4.69, 9.17) is 21.1 Å². The van der Waals surface area contributed by atoms with Gasteiger partial charge in [0.2, 0.25) is 11.8 Å². The summed E-state index contributed by atoms with van der Waals surface area (Å²) < 4.78 is 5.84. The molecule has 0 saturated carbocycles. The fraction of sp³-hybridized carbons (Fsp3) is 0.0417. The fourth-order valence-electron chi connectivity index (χ4n) is 3.22. The summed E-state index contributed by atoms with van der Waals surface area (Å²) in [5.41, 5.74) is 3.74. The highest BCUT2D eigenvalue weighted by molar-refractivity contribution is 7.17. The minimum atomic E-state index is -0.961. The SMILES string of the molecule is O=C(O)c1ccc(Cc2nnc(-c3cccc(-c4nnc(-c5ccc(Cl)cc5)s4)c3)o2)cc1. The van der Waals surface area contributed by atoms with E-state index in [2.05, 4.69) is 20.4 Å². The summed E-state index contributed by atoms with van der Waals surface area (Å²) in [5.74, 6) is -0.118. The summed E-state index contributed by atoms with van der Waals surface area (Å²) in [6.07, 6.45) is 0.410. The molecule has 33 heavy (non-hydrogen) atoms. The number of carboxylic acid groups (broad SMARTS) is 1. The predicted molar refractivity (Wildman–Crippen MR) is 125 cm³/mol. The molecule has 0 atom stereocenters. The van der Waals surface area contributed by atoms with Gasteiger partial charge >= 0.3 is 5.97 Å². The molecule has 5 rings (SSSR count). The molecule has 0 bridgehead atoms. The van der Waals surface area contributed by atoms with Gasteiger partial charge in [-0.15, -0.1) is 20.4 Å². The normalized spacial score (nSPS) is 10.9. The molecule has 0 saturated heterocycles. The molecule has 0 fully saturated rings. The van der Waals surface area contributed by atoms with E-state index in [1.54, 1.807) is 24.3 Å². The van der Waals surface area contributed by atoms with Crippen molar-refractivity contribution in [2.24, 2.45) is 0 Å². The topological polar surface area (TPSA) is 102 Å². The van der Waals surface area contributed by atoms with E-state index < -0.39 is 5.97 Å². The zero-order valence-corrected chi connectivity index (χ0v) is 18.5. The number of benzene rings is 3. The van der Waals surface area contributed by atoms with E-state index in [9.17, 15) is 4.79 Å². The molecule has 0 unspecified atom stereocenters. The highest BCUT2D eigenvalue weighted by atomic mass is 35.5. The Labute approximate surface area is 197 Å². The van der Waals surface area contributed by atoms with Gasteiger partial charge < -0.3 is 9.52 Å². The average molecular weight is 475 g/mol. The Bertz CT molecular complexity index is 1430. The van der Waals surface area contributed by atoms with Crippen LogP contribution in [0.1, 0.15) is 21.8 Å². The van der Waals surface area contributed by atoms with Gasteiger partial charge in [0, 0.05) is 21.7 Å². The molecule has 162 valence electrons. The number of hydrogen-bond acceptors (Lipinski definition) is 7. The van der Waals surface area contributed by atoms with Crippen molar-refractivity contribution < 1.29 is 14.3 Å². The molecule has 2 aromatic heterocycles. The number of halogens is 1. The second-order valence-electron chi connectivity index (χ2n) is 7.18. The van der Waals surface area contributed by atoms with Crippen LogP contribution in [-0.4, -0.2) is 31.5 Å². The number of aromatic nitrogens is 4. The number of hydrogen-bond donors (Lipinski definition) is 1. The summed E-state index contributed by atoms with van der Waals surface area (Å²) in [5, 5.41) is 28.2. The first-order chi connectivity index (χ1) is 16.0. The van der Waals surface area contributed by atoms with Crippen molar-refractivity contribution in [1.29, 1.82) is 0 Å². The van der Waals surface area contributed by atoms with Gasteiger partial charge in [-0.2, -0.15) is 0 Å². The Kier molecular flexibility index (Phi) is 5.68. The van der Waals surface area contributed by atoms with Crippen molar-refractivity contribution in [3.8, 4) is 32.6 Å². The predicted octanol–water partition coefficient (Wildman–Crippen LogP) is 5.86. The zero-order chi connectivity index (χ0) is 22.8. The molecular formula is C24H15ClN4O3S. The minimum Gasteiger partial charge on any atom is -0.478 e. The lowest BCUT2D eigenvalue weighted by molar-refractivity contribution is 0.0697. The van der Waals surface area contributed by atoms with Crippen molar-refractivity contribution in [1.82, 2.24) is 20.4 Å². The lowest BCUT2D eigenvalue weighted by atomic mass is 10.1. The van der Waals surface area contributed by atoms with E-state index in [1.807, 2.05) is 48.5 Å². The lowest BCUT2D eigenvalue weighted by Gasteiger charge is -2.00. The van der Waals surface area contributed by atoms with Crippen molar-refractivity contribution in [3.63, 3.8) is 0 Å². The quantitative estimate of drug-likeness (QED) is 0.328. The van der Waals surface area contributed by atoms with Gasteiger partial charge in [0.25, 0.3) is 0 Å². The molecule has 0 radical (unpaired) electrons. The van der Waals surface area contributed by atoms with Gasteiger partial charge in [-0.3, -0.25) is 0 Å². The average Bonchev–Trinajstić information content (AvgIpc) is 3.50. The first kappa shape index (κ1) is 21.0. The van der Waals surface area contributed by atoms with Crippen LogP contribution < -0.4 is 0 Å². The third-order valence-corrected chi connectivity index (χ3v) is 6.17. The molecular weight excluding hydrogens is 460 g/mol. The van der Waals surface area contributed by atoms with Crippen LogP contribution in [0.3, 0.4) is 0 Å². The molecule has 5 aromatic rings. The second-order valence-corrected chi connectivity index (χ2v) is 8.59. The van der Waals surface area contributed by atoms with Crippen LogP contribution in [-0.2, 0) is 6.42 Å². The van der Waals surface area contributed by atoms with Crippen molar-refractivity contribution in [2.75, 3.05) is 0 Å². The fourth-order valence-corrected chi connectivity index (χ4v) is 4.19. The summed E-state index contributed by atoms with van der Waals surface area (Å²) in [6, 6.07) is 21.8. The molecule has 2 heterocycles. The van der Waals surface area contributed by atoms with Crippen molar-refractivity contribution >= 4 is 28.9 Å². The van der Waals surface area contributed by atoms with Crippen LogP contribution in [0.25, 0.3) is 32.6 Å². The van der Waals surface area contributed by atoms with Crippen LogP contribution >= 0.6 is 22.9 Å². The number of rotatable bonds is 6. The molecule has 0 aliphatic carbocycles.